The summed E-state index contributed by atoms with van der Waals surface area (Å²) in [7, 11) is 0. The monoisotopic (exact) mass is 551 g/mol. The van der Waals surface area contributed by atoms with Crippen molar-refractivity contribution in [1.29, 1.82) is 5.26 Å². The van der Waals surface area contributed by atoms with Gasteiger partial charge in [0.2, 0.25) is 0 Å². The molecule has 0 saturated heterocycles. The third kappa shape index (κ3) is 3.29. The van der Waals surface area contributed by atoms with Gasteiger partial charge in [-0.25, -0.2) is 0 Å². The Morgan fingerprint density at radius 3 is 1.37 bits per heavy atom. The molecule has 7 nitrogen and oxygen atoms in total. The zero-order chi connectivity index (χ0) is 28.5. The summed E-state index contributed by atoms with van der Waals surface area (Å²) >= 11 is 0. The molecule has 9 rings (SSSR count). The van der Waals surface area contributed by atoms with E-state index in [1.165, 1.54) is 0 Å². The van der Waals surface area contributed by atoms with E-state index in [2.05, 4.69) is 64.8 Å². The van der Waals surface area contributed by atoms with E-state index >= 15 is 0 Å². The number of nitriles is 1. The van der Waals surface area contributed by atoms with Gasteiger partial charge in [0.15, 0.2) is 0 Å². The Balaban J connectivity index is 1.45. The van der Waals surface area contributed by atoms with Gasteiger partial charge in [-0.05, 0) is 42.0 Å². The van der Waals surface area contributed by atoms with E-state index in [4.69, 9.17) is 19.9 Å². The first-order chi connectivity index (χ1) is 21.3. The minimum atomic E-state index is -0.224. The molecule has 0 saturated carbocycles. The van der Waals surface area contributed by atoms with E-state index in [1.54, 1.807) is 0 Å². The maximum atomic E-state index is 9.57. The maximum absolute atomic E-state index is 9.57. The fourth-order valence-electron chi connectivity index (χ4n) is 6.78. The van der Waals surface area contributed by atoms with E-state index in [9.17, 15) is 5.26 Å². The smallest absolute Gasteiger partial charge is 0.0991 e. The lowest BCUT2D eigenvalue weighted by molar-refractivity contribution is 0.915. The van der Waals surface area contributed by atoms with Crippen LogP contribution in [0, 0.1) is 11.3 Å². The van der Waals surface area contributed by atoms with Crippen molar-refractivity contribution in [2.75, 3.05) is 0 Å². The van der Waals surface area contributed by atoms with Crippen LogP contribution >= 0.6 is 0 Å². The topological polar surface area (TPSA) is 107 Å². The summed E-state index contributed by atoms with van der Waals surface area (Å²) in [6.45, 7) is 0. The molecular formula is C36H21N7. The molecule has 0 amide bonds. The van der Waals surface area contributed by atoms with Crippen molar-refractivity contribution < 1.29 is 0 Å². The zero-order valence-corrected chi connectivity index (χ0v) is 22.7. The number of fused-ring (bicyclic) bond motifs is 12. The number of aromatic nitrogens is 6. The molecule has 7 heteroatoms. The minimum Gasteiger partial charge on any atom is -0.363 e. The summed E-state index contributed by atoms with van der Waals surface area (Å²) in [5, 5.41) is 18.1. The molecule has 0 radical (unpaired) electrons. The van der Waals surface area contributed by atoms with Crippen LogP contribution in [0.5, 0.6) is 0 Å². The van der Waals surface area contributed by atoms with Crippen LogP contribution in [0.1, 0.15) is 28.4 Å². The predicted molar refractivity (Wildman–Crippen MR) is 170 cm³/mol. The molecule has 9 aromatic rings. The Kier molecular flexibility index (Phi) is 4.90. The van der Waals surface area contributed by atoms with Crippen LogP contribution in [0.15, 0.2) is 110 Å². The van der Waals surface area contributed by atoms with Crippen LogP contribution < -0.4 is 0 Å². The molecule has 43 heavy (non-hydrogen) atoms. The number of rotatable bonds is 3. The van der Waals surface area contributed by atoms with Crippen molar-refractivity contribution >= 4 is 65.2 Å². The van der Waals surface area contributed by atoms with E-state index in [-0.39, 0.29) is 5.92 Å². The largest absolute Gasteiger partial charge is 0.363 e. The molecule has 0 spiro atoms. The van der Waals surface area contributed by atoms with Crippen LogP contribution in [0.25, 0.3) is 65.2 Å². The van der Waals surface area contributed by atoms with E-state index in [1.807, 2.05) is 61.2 Å². The molecule has 0 aliphatic heterocycles. The van der Waals surface area contributed by atoms with Gasteiger partial charge in [0.1, 0.15) is 0 Å². The number of nitrogens with zero attached hydrogens (tertiary/aromatic N) is 5. The van der Waals surface area contributed by atoms with Crippen LogP contribution in [-0.2, 0) is 0 Å². The lowest BCUT2D eigenvalue weighted by Gasteiger charge is -2.19. The van der Waals surface area contributed by atoms with E-state index in [0.29, 0.717) is 5.56 Å². The van der Waals surface area contributed by atoms with E-state index < -0.39 is 0 Å². The number of benzene rings is 3. The molecule has 6 aromatic heterocycles. The average Bonchev–Trinajstić information content (AvgIpc) is 3.72. The summed E-state index contributed by atoms with van der Waals surface area (Å²) in [4.78, 5) is 26.4. The lowest BCUT2D eigenvalue weighted by Crippen LogP contribution is -2.06. The van der Waals surface area contributed by atoms with Crippen LogP contribution in [0.3, 0.4) is 0 Å². The molecule has 200 valence electrons. The molecular weight excluding hydrogens is 530 g/mol. The summed E-state index contributed by atoms with van der Waals surface area (Å²) in [6, 6.07) is 26.5. The minimum absolute atomic E-state index is 0.224. The van der Waals surface area contributed by atoms with Crippen molar-refractivity contribution in [3.63, 3.8) is 0 Å². The fraction of sp³-hybridized carbons (Fsp3) is 0.0278. The predicted octanol–water partition coefficient (Wildman–Crippen LogP) is 7.89. The third-order valence-corrected chi connectivity index (χ3v) is 8.57. The van der Waals surface area contributed by atoms with Crippen molar-refractivity contribution in [2.24, 2.45) is 0 Å². The first-order valence-corrected chi connectivity index (χ1v) is 14.1. The maximum Gasteiger partial charge on any atom is 0.0991 e. The first kappa shape index (κ1) is 23.6. The average molecular weight is 552 g/mol. The molecule has 6 heterocycles. The number of pyridine rings is 4. The molecule has 0 unspecified atom stereocenters. The lowest BCUT2D eigenvalue weighted by atomic mass is 9.86. The van der Waals surface area contributed by atoms with E-state index in [0.717, 1.165) is 82.1 Å². The van der Waals surface area contributed by atoms with Crippen molar-refractivity contribution in [3.8, 4) is 6.07 Å². The summed E-state index contributed by atoms with van der Waals surface area (Å²) in [6.07, 6.45) is 11.5. The summed E-state index contributed by atoms with van der Waals surface area (Å²) in [5.74, 6) is -0.224. The van der Waals surface area contributed by atoms with Crippen LogP contribution in [0.4, 0.5) is 0 Å². The Labute approximate surface area is 244 Å². The van der Waals surface area contributed by atoms with Gasteiger partial charge in [-0.1, -0.05) is 36.4 Å². The number of hydrogen-bond donors (Lipinski definition) is 2. The Morgan fingerprint density at radius 1 is 0.512 bits per heavy atom. The molecule has 3 aromatic carbocycles. The molecule has 0 fully saturated rings. The Bertz CT molecular complexity index is 2430. The summed E-state index contributed by atoms with van der Waals surface area (Å²) < 4.78 is 0. The highest BCUT2D eigenvalue weighted by Gasteiger charge is 2.28. The second-order valence-electron chi connectivity index (χ2n) is 10.7. The second-order valence-corrected chi connectivity index (χ2v) is 10.7. The third-order valence-electron chi connectivity index (χ3n) is 8.57. The van der Waals surface area contributed by atoms with Gasteiger partial charge < -0.3 is 9.97 Å². The van der Waals surface area contributed by atoms with Gasteiger partial charge in [-0.3, -0.25) is 19.9 Å². The molecule has 2 N–H and O–H groups in total. The number of H-pyrrole nitrogens is 2. The zero-order valence-electron chi connectivity index (χ0n) is 22.7. The molecule has 0 bridgehead atoms. The number of aromatic amines is 2. The Hall–Kier alpha value is -6.13. The number of hydrogen-bond acceptors (Lipinski definition) is 5. The van der Waals surface area contributed by atoms with Gasteiger partial charge in [0, 0.05) is 91.7 Å². The van der Waals surface area contributed by atoms with Crippen molar-refractivity contribution in [3.05, 3.63) is 132 Å². The highest BCUT2D eigenvalue weighted by atomic mass is 14.8. The molecule has 0 aliphatic rings. The summed E-state index contributed by atoms with van der Waals surface area (Å²) in [5.41, 5.74) is 7.25. The van der Waals surface area contributed by atoms with Crippen molar-refractivity contribution in [1.82, 2.24) is 29.9 Å². The quantitative estimate of drug-likeness (QED) is 0.217. The second kappa shape index (κ2) is 8.93. The first-order valence-electron chi connectivity index (χ1n) is 14.1. The fourth-order valence-corrected chi connectivity index (χ4v) is 6.78. The molecule has 0 atom stereocenters. The normalized spacial score (nSPS) is 11.9. The highest BCUT2D eigenvalue weighted by molar-refractivity contribution is 6.25. The van der Waals surface area contributed by atoms with Crippen LogP contribution in [0.2, 0.25) is 0 Å². The van der Waals surface area contributed by atoms with Gasteiger partial charge in [-0.2, -0.15) is 5.26 Å². The highest BCUT2D eigenvalue weighted by Crippen LogP contribution is 2.45. The van der Waals surface area contributed by atoms with Gasteiger partial charge in [0.25, 0.3) is 0 Å². The van der Waals surface area contributed by atoms with Gasteiger partial charge in [0.05, 0.1) is 39.6 Å². The molecule has 0 aliphatic carbocycles. The van der Waals surface area contributed by atoms with Crippen LogP contribution in [-0.4, -0.2) is 29.9 Å². The Morgan fingerprint density at radius 2 is 0.930 bits per heavy atom. The van der Waals surface area contributed by atoms with Gasteiger partial charge in [-0.15, -0.1) is 0 Å². The van der Waals surface area contributed by atoms with Crippen molar-refractivity contribution in [2.45, 2.75) is 5.92 Å². The standard InChI is InChI=1S/C36H21N7/c37-17-20-9-11-21(12-10-20)28(35-29-24-7-3-15-40-33(24)31-22(5-1-13-38-31)26(29)18-42-35)36-30-25-8-4-16-41-34(25)32-23(6-2-14-39-32)27(30)19-43-36/h1-16,18-19,28,42-43H. The van der Waals surface area contributed by atoms with Gasteiger partial charge >= 0.3 is 0 Å². The number of nitrogens with one attached hydrogen (secondary N) is 2. The SMILES string of the molecule is N#Cc1ccc(C(c2[nH]cc3c4cccnc4c4ncccc4c23)c2[nH]cc3c4cccnc4c4ncccc4c23)cc1.